The number of hydrogen-bond acceptors (Lipinski definition) is 4. The highest BCUT2D eigenvalue weighted by Gasteiger charge is 2.35. The fraction of sp³-hybridized carbons (Fsp3) is 0.533. The molecule has 1 aliphatic heterocycles. The number of nitrogens with one attached hydrogen (secondary N) is 1. The summed E-state index contributed by atoms with van der Waals surface area (Å²) in [6, 6.07) is 6.00. The lowest BCUT2D eigenvalue weighted by molar-refractivity contribution is -0.142. The Morgan fingerprint density at radius 2 is 1.95 bits per heavy atom. The van der Waals surface area contributed by atoms with Gasteiger partial charge >= 0.3 is 5.97 Å². The van der Waals surface area contributed by atoms with Crippen molar-refractivity contribution in [1.82, 2.24) is 4.72 Å². The van der Waals surface area contributed by atoms with Crippen molar-refractivity contribution in [2.75, 3.05) is 0 Å². The van der Waals surface area contributed by atoms with Crippen LogP contribution in [-0.2, 0) is 19.6 Å². The molecule has 0 aromatic heterocycles. The number of hydrogen-bond donors (Lipinski definition) is 1. The van der Waals surface area contributed by atoms with Crippen LogP contribution in [0, 0.1) is 0 Å². The van der Waals surface area contributed by atoms with Crippen LogP contribution >= 0.6 is 0 Å². The van der Waals surface area contributed by atoms with Crippen LogP contribution in [0.1, 0.15) is 45.1 Å². The van der Waals surface area contributed by atoms with Gasteiger partial charge in [0.15, 0.2) is 0 Å². The molecule has 0 aliphatic carbocycles. The average molecular weight is 311 g/mol. The Bertz CT molecular complexity index is 609. The number of carbonyl (C=O) groups excluding carboxylic acids is 1. The number of carbonyl (C=O) groups is 1. The second kappa shape index (κ2) is 6.15. The van der Waals surface area contributed by atoms with E-state index >= 15 is 0 Å². The van der Waals surface area contributed by atoms with Gasteiger partial charge in [0.1, 0.15) is 12.1 Å². The Balaban J connectivity index is 2.14. The van der Waals surface area contributed by atoms with Crippen molar-refractivity contribution in [2.24, 2.45) is 0 Å². The van der Waals surface area contributed by atoms with E-state index in [1.165, 1.54) is 0 Å². The summed E-state index contributed by atoms with van der Waals surface area (Å²) in [5.41, 5.74) is 1.10. The summed E-state index contributed by atoms with van der Waals surface area (Å²) < 4.78 is 31.9. The Kier molecular flexibility index (Phi) is 4.68. The van der Waals surface area contributed by atoms with Gasteiger partial charge in [0.25, 0.3) is 0 Å². The van der Waals surface area contributed by atoms with Gasteiger partial charge in [-0.25, -0.2) is 8.42 Å². The molecule has 0 saturated carbocycles. The fourth-order valence-corrected chi connectivity index (χ4v) is 3.52. The number of sulfonamides is 1. The quantitative estimate of drug-likeness (QED) is 0.846. The summed E-state index contributed by atoms with van der Waals surface area (Å²) in [5, 5.41) is 0. The zero-order chi connectivity index (χ0) is 15.6. The van der Waals surface area contributed by atoms with Gasteiger partial charge in [0.2, 0.25) is 10.0 Å². The molecular weight excluding hydrogens is 290 g/mol. The van der Waals surface area contributed by atoms with Crippen LogP contribution in [0.5, 0.6) is 0 Å². The molecule has 5 nitrogen and oxygen atoms in total. The average Bonchev–Trinajstić information content (AvgIpc) is 2.75. The van der Waals surface area contributed by atoms with Gasteiger partial charge < -0.3 is 4.74 Å². The molecular formula is C15H21NO4S. The van der Waals surface area contributed by atoms with Crippen molar-refractivity contribution in [3.05, 3.63) is 29.8 Å². The van der Waals surface area contributed by atoms with E-state index in [1.54, 1.807) is 19.1 Å². The van der Waals surface area contributed by atoms with Crippen LogP contribution in [0.4, 0.5) is 0 Å². The molecule has 1 heterocycles. The largest absolute Gasteiger partial charge is 0.461 e. The van der Waals surface area contributed by atoms with Gasteiger partial charge in [0, 0.05) is 6.42 Å². The van der Waals surface area contributed by atoms with E-state index in [0.717, 1.165) is 12.0 Å². The maximum absolute atomic E-state index is 12.3. The zero-order valence-corrected chi connectivity index (χ0v) is 13.3. The number of esters is 1. The standard InChI is InChI=1S/C15H21NO4S/c1-4-10(2)12-5-7-13(8-6-12)21(18,19)16-14-9-11(3)20-15(14)17/h5-8,10-11,14,16H,4,9H2,1-3H3/t10-,11-,14-/m0/s1. The molecule has 3 atom stereocenters. The molecule has 1 aromatic carbocycles. The van der Waals surface area contributed by atoms with Crippen LogP contribution in [0.15, 0.2) is 29.2 Å². The Hall–Kier alpha value is -1.40. The minimum Gasteiger partial charge on any atom is -0.461 e. The lowest BCUT2D eigenvalue weighted by Gasteiger charge is -2.12. The van der Waals surface area contributed by atoms with E-state index in [1.807, 2.05) is 12.1 Å². The number of cyclic esters (lactones) is 1. The third kappa shape index (κ3) is 3.63. The summed E-state index contributed by atoms with van der Waals surface area (Å²) >= 11 is 0. The first-order valence-corrected chi connectivity index (χ1v) is 8.64. The van der Waals surface area contributed by atoms with E-state index in [-0.39, 0.29) is 11.0 Å². The molecule has 6 heteroatoms. The molecule has 1 fully saturated rings. The van der Waals surface area contributed by atoms with E-state index < -0.39 is 22.0 Å². The zero-order valence-electron chi connectivity index (χ0n) is 12.5. The molecule has 1 N–H and O–H groups in total. The van der Waals surface area contributed by atoms with Crippen molar-refractivity contribution in [3.63, 3.8) is 0 Å². The molecule has 21 heavy (non-hydrogen) atoms. The number of benzene rings is 1. The molecule has 1 saturated heterocycles. The van der Waals surface area contributed by atoms with E-state index in [0.29, 0.717) is 12.3 Å². The molecule has 0 unspecified atom stereocenters. The highest BCUT2D eigenvalue weighted by Crippen LogP contribution is 2.21. The first-order valence-electron chi connectivity index (χ1n) is 7.16. The normalized spacial score (nSPS) is 23.9. The van der Waals surface area contributed by atoms with Gasteiger partial charge in [-0.2, -0.15) is 4.72 Å². The first-order chi connectivity index (χ1) is 9.83. The summed E-state index contributed by atoms with van der Waals surface area (Å²) in [6.07, 6.45) is 1.11. The second-order valence-corrected chi connectivity index (χ2v) is 7.25. The van der Waals surface area contributed by atoms with Gasteiger partial charge in [0.05, 0.1) is 4.90 Å². The van der Waals surface area contributed by atoms with Gasteiger partial charge in [-0.15, -0.1) is 0 Å². The minimum absolute atomic E-state index is 0.168. The van der Waals surface area contributed by atoms with Crippen molar-refractivity contribution < 1.29 is 17.9 Å². The smallest absolute Gasteiger partial charge is 0.324 e. The number of rotatable bonds is 5. The van der Waals surface area contributed by atoms with Crippen molar-refractivity contribution in [2.45, 2.75) is 56.6 Å². The second-order valence-electron chi connectivity index (χ2n) is 5.54. The van der Waals surface area contributed by atoms with E-state index in [2.05, 4.69) is 18.6 Å². The van der Waals surface area contributed by atoms with Gasteiger partial charge in [-0.05, 0) is 37.0 Å². The molecule has 0 amide bonds. The monoisotopic (exact) mass is 311 g/mol. The van der Waals surface area contributed by atoms with Crippen molar-refractivity contribution in [3.8, 4) is 0 Å². The molecule has 116 valence electrons. The van der Waals surface area contributed by atoms with Crippen LogP contribution < -0.4 is 4.72 Å². The molecule has 1 aliphatic rings. The fourth-order valence-electron chi connectivity index (χ4n) is 2.32. The summed E-state index contributed by atoms with van der Waals surface area (Å²) in [5.74, 6) is -0.123. The van der Waals surface area contributed by atoms with Crippen molar-refractivity contribution >= 4 is 16.0 Å². The van der Waals surface area contributed by atoms with Crippen LogP contribution in [-0.4, -0.2) is 26.5 Å². The summed E-state index contributed by atoms with van der Waals surface area (Å²) in [7, 11) is -3.70. The Morgan fingerprint density at radius 3 is 2.43 bits per heavy atom. The third-order valence-electron chi connectivity index (χ3n) is 3.84. The minimum atomic E-state index is -3.70. The SMILES string of the molecule is CC[C@H](C)c1ccc(S(=O)(=O)N[C@H]2C[C@H](C)OC2=O)cc1. The highest BCUT2D eigenvalue weighted by molar-refractivity contribution is 7.89. The lowest BCUT2D eigenvalue weighted by atomic mass is 9.99. The van der Waals surface area contributed by atoms with Crippen molar-refractivity contribution in [1.29, 1.82) is 0 Å². The molecule has 0 radical (unpaired) electrons. The third-order valence-corrected chi connectivity index (χ3v) is 5.33. The van der Waals surface area contributed by atoms with Gasteiger partial charge in [-0.3, -0.25) is 4.79 Å². The topological polar surface area (TPSA) is 72.5 Å². The maximum atomic E-state index is 12.3. The molecule has 2 rings (SSSR count). The predicted molar refractivity (Wildman–Crippen MR) is 79.4 cm³/mol. The van der Waals surface area contributed by atoms with E-state index in [9.17, 15) is 13.2 Å². The Labute approximate surface area is 125 Å². The van der Waals surface area contributed by atoms with Crippen LogP contribution in [0.2, 0.25) is 0 Å². The molecule has 0 bridgehead atoms. The van der Waals surface area contributed by atoms with Crippen LogP contribution in [0.25, 0.3) is 0 Å². The van der Waals surface area contributed by atoms with Gasteiger partial charge in [-0.1, -0.05) is 26.0 Å². The summed E-state index contributed by atoms with van der Waals surface area (Å²) in [4.78, 5) is 11.7. The number of ether oxygens (including phenoxy) is 1. The Morgan fingerprint density at radius 1 is 1.33 bits per heavy atom. The first kappa shape index (κ1) is 16.0. The van der Waals surface area contributed by atoms with Crippen LogP contribution in [0.3, 0.4) is 0 Å². The van der Waals surface area contributed by atoms with E-state index in [4.69, 9.17) is 4.74 Å². The molecule has 0 spiro atoms. The highest BCUT2D eigenvalue weighted by atomic mass is 32.2. The predicted octanol–water partition coefficient (Wildman–Crippen LogP) is 2.18. The maximum Gasteiger partial charge on any atom is 0.324 e. The lowest BCUT2D eigenvalue weighted by Crippen LogP contribution is -2.37. The molecule has 1 aromatic rings. The summed E-state index contributed by atoms with van der Waals surface area (Å²) in [6.45, 7) is 5.93.